The first kappa shape index (κ1) is 18.4. The Bertz CT molecular complexity index is 316. The van der Waals surface area contributed by atoms with Crippen LogP contribution in [0.3, 0.4) is 0 Å². The first-order chi connectivity index (χ1) is 9.96. The minimum absolute atomic E-state index is 0.00160. The molecule has 0 aliphatic carbocycles. The summed E-state index contributed by atoms with van der Waals surface area (Å²) in [7, 11) is 0. The zero-order valence-electron chi connectivity index (χ0n) is 14.5. The second-order valence-electron chi connectivity index (χ2n) is 6.51. The number of carbonyl (C=O) groups is 1. The van der Waals surface area contributed by atoms with Gasteiger partial charge in [-0.05, 0) is 46.0 Å². The molecule has 0 aromatic rings. The van der Waals surface area contributed by atoms with Crippen molar-refractivity contribution in [2.45, 2.75) is 96.9 Å². The third kappa shape index (κ3) is 5.59. The van der Waals surface area contributed by atoms with Gasteiger partial charge in [-0.2, -0.15) is 0 Å². The van der Waals surface area contributed by atoms with Crippen molar-refractivity contribution < 1.29 is 9.53 Å². The predicted molar refractivity (Wildman–Crippen MR) is 87.4 cm³/mol. The minimum Gasteiger partial charge on any atom is -0.375 e. The highest BCUT2D eigenvalue weighted by atomic mass is 16.5. The van der Waals surface area contributed by atoms with Crippen LogP contribution in [0.4, 0.5) is 0 Å². The Kier molecular flexibility index (Phi) is 7.67. The molecule has 0 aromatic carbocycles. The van der Waals surface area contributed by atoms with Gasteiger partial charge < -0.3 is 15.4 Å². The average molecular weight is 298 g/mol. The molecule has 0 aromatic heterocycles. The Hall–Kier alpha value is -0.610. The third-order valence-electron chi connectivity index (χ3n) is 4.77. The molecule has 4 heteroatoms. The van der Waals surface area contributed by atoms with E-state index in [0.29, 0.717) is 6.04 Å². The lowest BCUT2D eigenvalue weighted by molar-refractivity contribution is -0.125. The van der Waals surface area contributed by atoms with E-state index in [1.807, 2.05) is 6.92 Å². The van der Waals surface area contributed by atoms with Crippen LogP contribution in [0, 0.1) is 0 Å². The summed E-state index contributed by atoms with van der Waals surface area (Å²) >= 11 is 0. The zero-order chi connectivity index (χ0) is 15.9. The molecule has 1 aliphatic rings. The van der Waals surface area contributed by atoms with Gasteiger partial charge in [0.15, 0.2) is 0 Å². The standard InChI is InChI=1S/C17H34N2O2/c1-6-9-13(4)18-16(20)14(5)19-15-10-11-21-17(7-2,8-3)12-15/h13-15,19H,6-12H2,1-5H3,(H,18,20). The van der Waals surface area contributed by atoms with Crippen molar-refractivity contribution >= 4 is 5.91 Å². The van der Waals surface area contributed by atoms with Gasteiger partial charge in [0.2, 0.25) is 5.91 Å². The maximum Gasteiger partial charge on any atom is 0.237 e. The minimum atomic E-state index is -0.140. The second-order valence-corrected chi connectivity index (χ2v) is 6.51. The fourth-order valence-electron chi connectivity index (χ4n) is 3.22. The summed E-state index contributed by atoms with van der Waals surface area (Å²) in [4.78, 5) is 12.2. The Morgan fingerprint density at radius 2 is 1.95 bits per heavy atom. The average Bonchev–Trinajstić information content (AvgIpc) is 2.47. The number of amides is 1. The van der Waals surface area contributed by atoms with Gasteiger partial charge in [-0.15, -0.1) is 0 Å². The third-order valence-corrected chi connectivity index (χ3v) is 4.77. The highest BCUT2D eigenvalue weighted by Crippen LogP contribution is 2.31. The van der Waals surface area contributed by atoms with E-state index in [0.717, 1.165) is 45.1 Å². The predicted octanol–water partition coefficient (Wildman–Crippen LogP) is 3.01. The zero-order valence-corrected chi connectivity index (χ0v) is 14.5. The Balaban J connectivity index is 2.46. The smallest absolute Gasteiger partial charge is 0.237 e. The quantitative estimate of drug-likeness (QED) is 0.724. The molecule has 0 saturated carbocycles. The largest absolute Gasteiger partial charge is 0.375 e. The summed E-state index contributed by atoms with van der Waals surface area (Å²) < 4.78 is 5.99. The molecule has 1 fully saturated rings. The van der Waals surface area contributed by atoms with E-state index >= 15 is 0 Å². The highest BCUT2D eigenvalue weighted by Gasteiger charge is 2.35. The van der Waals surface area contributed by atoms with Crippen molar-refractivity contribution in [2.24, 2.45) is 0 Å². The van der Waals surface area contributed by atoms with Crippen molar-refractivity contribution in [1.82, 2.24) is 10.6 Å². The molecular weight excluding hydrogens is 264 g/mol. The highest BCUT2D eigenvalue weighted by molar-refractivity contribution is 5.81. The van der Waals surface area contributed by atoms with Gasteiger partial charge in [-0.1, -0.05) is 27.2 Å². The molecule has 1 saturated heterocycles. The molecule has 2 N–H and O–H groups in total. The lowest BCUT2D eigenvalue weighted by Gasteiger charge is -2.41. The van der Waals surface area contributed by atoms with Gasteiger partial charge in [0.05, 0.1) is 11.6 Å². The lowest BCUT2D eigenvalue weighted by atomic mass is 9.85. The molecule has 1 amide bonds. The summed E-state index contributed by atoms with van der Waals surface area (Å²) in [5, 5.41) is 6.58. The fourth-order valence-corrected chi connectivity index (χ4v) is 3.22. The van der Waals surface area contributed by atoms with E-state index in [9.17, 15) is 4.79 Å². The van der Waals surface area contributed by atoms with Crippen LogP contribution in [0.2, 0.25) is 0 Å². The van der Waals surface area contributed by atoms with E-state index in [4.69, 9.17) is 4.74 Å². The van der Waals surface area contributed by atoms with Gasteiger partial charge in [0, 0.05) is 18.7 Å². The molecule has 21 heavy (non-hydrogen) atoms. The van der Waals surface area contributed by atoms with Crippen molar-refractivity contribution in [3.63, 3.8) is 0 Å². The SMILES string of the molecule is CCCC(C)NC(=O)C(C)NC1CCOC(CC)(CC)C1. The van der Waals surface area contributed by atoms with Gasteiger partial charge >= 0.3 is 0 Å². The van der Waals surface area contributed by atoms with Crippen LogP contribution in [0.5, 0.6) is 0 Å². The molecule has 1 aliphatic heterocycles. The number of ether oxygens (including phenoxy) is 1. The van der Waals surface area contributed by atoms with Gasteiger partial charge in [0.1, 0.15) is 0 Å². The molecule has 0 bridgehead atoms. The van der Waals surface area contributed by atoms with E-state index in [1.54, 1.807) is 0 Å². The van der Waals surface area contributed by atoms with Crippen LogP contribution >= 0.6 is 0 Å². The molecule has 1 rings (SSSR count). The summed E-state index contributed by atoms with van der Waals surface area (Å²) in [5.41, 5.74) is 0.00160. The van der Waals surface area contributed by atoms with E-state index in [2.05, 4.69) is 38.3 Å². The topological polar surface area (TPSA) is 50.4 Å². The Morgan fingerprint density at radius 1 is 1.29 bits per heavy atom. The Labute approximate surface area is 130 Å². The van der Waals surface area contributed by atoms with Crippen molar-refractivity contribution in [3.8, 4) is 0 Å². The summed E-state index contributed by atoms with van der Waals surface area (Å²) in [6.45, 7) is 11.3. The maximum atomic E-state index is 12.2. The van der Waals surface area contributed by atoms with Crippen LogP contribution in [0.15, 0.2) is 0 Å². The maximum absolute atomic E-state index is 12.2. The molecule has 3 atom stereocenters. The lowest BCUT2D eigenvalue weighted by Crippen LogP contribution is -2.53. The van der Waals surface area contributed by atoms with Crippen LogP contribution < -0.4 is 10.6 Å². The van der Waals surface area contributed by atoms with Crippen LogP contribution in [0.1, 0.15) is 73.1 Å². The molecule has 1 heterocycles. The van der Waals surface area contributed by atoms with E-state index in [-0.39, 0.29) is 23.6 Å². The number of rotatable bonds is 8. The molecule has 124 valence electrons. The summed E-state index contributed by atoms with van der Waals surface area (Å²) in [5.74, 6) is 0.112. The van der Waals surface area contributed by atoms with Crippen molar-refractivity contribution in [1.29, 1.82) is 0 Å². The summed E-state index contributed by atoms with van der Waals surface area (Å²) in [6.07, 6.45) is 6.20. The monoisotopic (exact) mass is 298 g/mol. The van der Waals surface area contributed by atoms with Crippen LogP contribution in [-0.2, 0) is 9.53 Å². The number of hydrogen-bond donors (Lipinski definition) is 2. The van der Waals surface area contributed by atoms with Crippen molar-refractivity contribution in [3.05, 3.63) is 0 Å². The first-order valence-corrected chi connectivity index (χ1v) is 8.66. The molecule has 0 spiro atoms. The normalized spacial score (nSPS) is 24.3. The van der Waals surface area contributed by atoms with E-state index in [1.165, 1.54) is 0 Å². The van der Waals surface area contributed by atoms with Gasteiger partial charge in [-0.25, -0.2) is 0 Å². The van der Waals surface area contributed by atoms with Crippen molar-refractivity contribution in [2.75, 3.05) is 6.61 Å². The molecular formula is C17H34N2O2. The molecule has 0 radical (unpaired) electrons. The second kappa shape index (κ2) is 8.74. The van der Waals surface area contributed by atoms with Crippen LogP contribution in [-0.4, -0.2) is 36.2 Å². The number of nitrogens with one attached hydrogen (secondary N) is 2. The molecule has 3 unspecified atom stereocenters. The molecule has 4 nitrogen and oxygen atoms in total. The first-order valence-electron chi connectivity index (χ1n) is 8.66. The van der Waals surface area contributed by atoms with Gasteiger partial charge in [0.25, 0.3) is 0 Å². The number of carbonyl (C=O) groups excluding carboxylic acids is 1. The van der Waals surface area contributed by atoms with Crippen LogP contribution in [0.25, 0.3) is 0 Å². The number of hydrogen-bond acceptors (Lipinski definition) is 3. The Morgan fingerprint density at radius 3 is 2.52 bits per heavy atom. The van der Waals surface area contributed by atoms with Gasteiger partial charge in [-0.3, -0.25) is 4.79 Å². The van der Waals surface area contributed by atoms with E-state index < -0.39 is 0 Å². The fraction of sp³-hybridized carbons (Fsp3) is 0.941. The summed E-state index contributed by atoms with van der Waals surface area (Å²) in [6, 6.07) is 0.492.